The molecule has 0 radical (unpaired) electrons. The van der Waals surface area contributed by atoms with E-state index in [0.29, 0.717) is 6.54 Å². The lowest BCUT2D eigenvalue weighted by Crippen LogP contribution is -2.22. The van der Waals surface area contributed by atoms with Crippen molar-refractivity contribution in [1.29, 1.82) is 0 Å². The molecule has 0 aromatic rings. The zero-order valence-corrected chi connectivity index (χ0v) is 5.52. The lowest BCUT2D eigenvalue weighted by molar-refractivity contribution is 0.186. The number of rotatable bonds is 3. The fourth-order valence-electron chi connectivity index (χ4n) is 0.344. The zero-order chi connectivity index (χ0) is 7.11. The lowest BCUT2D eigenvalue weighted by Gasteiger charge is -1.98. The predicted molar refractivity (Wildman–Crippen MR) is 35.0 cm³/mol. The molecule has 0 heterocycles. The SMILES string of the molecule is C=COC(=O)NCCC. The summed E-state index contributed by atoms with van der Waals surface area (Å²) in [5, 5.41) is 2.50. The van der Waals surface area contributed by atoms with E-state index < -0.39 is 6.09 Å². The summed E-state index contributed by atoms with van der Waals surface area (Å²) in [6.07, 6.45) is 1.57. The van der Waals surface area contributed by atoms with Crippen molar-refractivity contribution in [3.8, 4) is 0 Å². The molecule has 0 rings (SSSR count). The highest BCUT2D eigenvalue weighted by Crippen LogP contribution is 1.77. The van der Waals surface area contributed by atoms with Gasteiger partial charge in [0.25, 0.3) is 0 Å². The zero-order valence-electron chi connectivity index (χ0n) is 5.52. The first-order valence-corrected chi connectivity index (χ1v) is 2.86. The molecule has 52 valence electrons. The average Bonchev–Trinajstić information content (AvgIpc) is 1.85. The van der Waals surface area contributed by atoms with Crippen LogP contribution >= 0.6 is 0 Å². The van der Waals surface area contributed by atoms with Gasteiger partial charge in [-0.05, 0) is 6.42 Å². The maximum absolute atomic E-state index is 10.4. The van der Waals surface area contributed by atoms with E-state index in [2.05, 4.69) is 16.6 Å². The van der Waals surface area contributed by atoms with Crippen LogP contribution in [0.4, 0.5) is 4.79 Å². The van der Waals surface area contributed by atoms with Gasteiger partial charge in [0.1, 0.15) is 0 Å². The highest BCUT2D eigenvalue weighted by atomic mass is 16.5. The lowest BCUT2D eigenvalue weighted by atomic mass is 10.5. The van der Waals surface area contributed by atoms with Gasteiger partial charge in [-0.2, -0.15) is 0 Å². The van der Waals surface area contributed by atoms with Crippen molar-refractivity contribution in [3.05, 3.63) is 12.8 Å². The first-order chi connectivity index (χ1) is 4.31. The summed E-state index contributed by atoms with van der Waals surface area (Å²) in [4.78, 5) is 10.4. The Labute approximate surface area is 54.7 Å². The molecule has 3 heteroatoms. The van der Waals surface area contributed by atoms with Crippen molar-refractivity contribution in [1.82, 2.24) is 5.32 Å². The van der Waals surface area contributed by atoms with E-state index in [9.17, 15) is 4.79 Å². The summed E-state index contributed by atoms with van der Waals surface area (Å²) >= 11 is 0. The van der Waals surface area contributed by atoms with Gasteiger partial charge in [-0.3, -0.25) is 0 Å². The van der Waals surface area contributed by atoms with Crippen LogP contribution in [0.25, 0.3) is 0 Å². The van der Waals surface area contributed by atoms with E-state index >= 15 is 0 Å². The molecule has 0 aliphatic carbocycles. The van der Waals surface area contributed by atoms with Crippen molar-refractivity contribution >= 4 is 6.09 Å². The number of hydrogen-bond acceptors (Lipinski definition) is 2. The largest absolute Gasteiger partial charge is 0.419 e. The van der Waals surface area contributed by atoms with Crippen molar-refractivity contribution in [2.24, 2.45) is 0 Å². The van der Waals surface area contributed by atoms with Gasteiger partial charge >= 0.3 is 6.09 Å². The van der Waals surface area contributed by atoms with Crippen LogP contribution in [0.3, 0.4) is 0 Å². The summed E-state index contributed by atoms with van der Waals surface area (Å²) < 4.78 is 4.36. The molecule has 0 aliphatic rings. The van der Waals surface area contributed by atoms with Crippen LogP contribution in [0, 0.1) is 0 Å². The van der Waals surface area contributed by atoms with Crippen LogP contribution in [0.1, 0.15) is 13.3 Å². The van der Waals surface area contributed by atoms with Crippen LogP contribution in [-0.4, -0.2) is 12.6 Å². The molecular weight excluding hydrogens is 118 g/mol. The van der Waals surface area contributed by atoms with E-state index in [1.807, 2.05) is 6.92 Å². The van der Waals surface area contributed by atoms with Crippen molar-refractivity contribution in [2.45, 2.75) is 13.3 Å². The number of carbonyl (C=O) groups is 1. The summed E-state index contributed by atoms with van der Waals surface area (Å²) in [7, 11) is 0. The first kappa shape index (κ1) is 8.01. The molecular formula is C6H11NO2. The number of carbonyl (C=O) groups excluding carboxylic acids is 1. The van der Waals surface area contributed by atoms with Crippen LogP contribution in [-0.2, 0) is 4.74 Å². The predicted octanol–water partition coefficient (Wildman–Crippen LogP) is 1.27. The van der Waals surface area contributed by atoms with Gasteiger partial charge in [0, 0.05) is 6.54 Å². The maximum atomic E-state index is 10.4. The van der Waals surface area contributed by atoms with Crippen LogP contribution in [0.2, 0.25) is 0 Å². The van der Waals surface area contributed by atoms with E-state index in [1.54, 1.807) is 0 Å². The highest BCUT2D eigenvalue weighted by Gasteiger charge is 1.93. The van der Waals surface area contributed by atoms with Gasteiger partial charge in [0.15, 0.2) is 0 Å². The van der Waals surface area contributed by atoms with Gasteiger partial charge in [0.2, 0.25) is 0 Å². The standard InChI is InChI=1S/C6H11NO2/c1-3-5-7-6(8)9-4-2/h4H,2-3,5H2,1H3,(H,7,8). The van der Waals surface area contributed by atoms with E-state index in [1.165, 1.54) is 0 Å². The highest BCUT2D eigenvalue weighted by molar-refractivity contribution is 5.67. The Morgan fingerprint density at radius 1 is 1.89 bits per heavy atom. The van der Waals surface area contributed by atoms with Crippen molar-refractivity contribution < 1.29 is 9.53 Å². The average molecular weight is 129 g/mol. The molecule has 0 aliphatic heterocycles. The maximum Gasteiger partial charge on any atom is 0.411 e. The smallest absolute Gasteiger partial charge is 0.411 e. The molecule has 0 unspecified atom stereocenters. The van der Waals surface area contributed by atoms with E-state index in [4.69, 9.17) is 0 Å². The summed E-state index contributed by atoms with van der Waals surface area (Å²) in [6, 6.07) is 0. The minimum atomic E-state index is -0.438. The van der Waals surface area contributed by atoms with E-state index in [-0.39, 0.29) is 0 Å². The number of alkyl carbamates (subject to hydrolysis) is 1. The van der Waals surface area contributed by atoms with Gasteiger partial charge in [-0.1, -0.05) is 13.5 Å². The van der Waals surface area contributed by atoms with Gasteiger partial charge in [-0.15, -0.1) is 0 Å². The second kappa shape index (κ2) is 5.15. The molecule has 9 heavy (non-hydrogen) atoms. The third-order valence-electron chi connectivity index (χ3n) is 0.710. The monoisotopic (exact) mass is 129 g/mol. The molecule has 0 aromatic carbocycles. The van der Waals surface area contributed by atoms with E-state index in [0.717, 1.165) is 12.7 Å². The fourth-order valence-corrected chi connectivity index (χ4v) is 0.344. The number of hydrogen-bond donors (Lipinski definition) is 1. The second-order valence-corrected chi connectivity index (χ2v) is 1.50. The summed E-state index contributed by atoms with van der Waals surface area (Å²) in [6.45, 7) is 5.84. The Bertz CT molecular complexity index is 101. The summed E-state index contributed by atoms with van der Waals surface area (Å²) in [5.74, 6) is 0. The van der Waals surface area contributed by atoms with Crippen molar-refractivity contribution in [3.63, 3.8) is 0 Å². The van der Waals surface area contributed by atoms with Crippen LogP contribution in [0.5, 0.6) is 0 Å². The third kappa shape index (κ3) is 4.87. The number of ether oxygens (including phenoxy) is 1. The van der Waals surface area contributed by atoms with Crippen LogP contribution in [0.15, 0.2) is 12.8 Å². The Kier molecular flexibility index (Phi) is 4.59. The molecule has 0 spiro atoms. The topological polar surface area (TPSA) is 38.3 Å². The van der Waals surface area contributed by atoms with Gasteiger partial charge in [-0.25, -0.2) is 4.79 Å². The first-order valence-electron chi connectivity index (χ1n) is 2.86. The Morgan fingerprint density at radius 3 is 3.00 bits per heavy atom. The normalized spacial score (nSPS) is 8.11. The molecule has 0 saturated carbocycles. The van der Waals surface area contributed by atoms with Crippen LogP contribution < -0.4 is 5.32 Å². The molecule has 1 amide bonds. The number of nitrogens with one attached hydrogen (secondary N) is 1. The van der Waals surface area contributed by atoms with Crippen molar-refractivity contribution in [2.75, 3.05) is 6.54 Å². The Morgan fingerprint density at radius 2 is 2.56 bits per heavy atom. The Hall–Kier alpha value is -0.990. The molecule has 0 fully saturated rings. The fraction of sp³-hybridized carbons (Fsp3) is 0.500. The minimum absolute atomic E-state index is 0.438. The summed E-state index contributed by atoms with van der Waals surface area (Å²) in [5.41, 5.74) is 0. The molecule has 0 atom stereocenters. The molecule has 3 nitrogen and oxygen atoms in total. The number of amides is 1. The van der Waals surface area contributed by atoms with Gasteiger partial charge < -0.3 is 10.1 Å². The van der Waals surface area contributed by atoms with Gasteiger partial charge in [0.05, 0.1) is 6.26 Å². The molecule has 1 N–H and O–H groups in total. The molecule has 0 bridgehead atoms. The Balaban J connectivity index is 3.16. The minimum Gasteiger partial charge on any atom is -0.419 e. The molecule has 0 saturated heterocycles. The second-order valence-electron chi connectivity index (χ2n) is 1.50. The third-order valence-corrected chi connectivity index (χ3v) is 0.710. The quantitative estimate of drug-likeness (QED) is 0.582. The molecule has 0 aromatic heterocycles.